The van der Waals surface area contributed by atoms with E-state index in [0.717, 1.165) is 31.9 Å². The lowest BCUT2D eigenvalue weighted by Gasteiger charge is -2.47. The normalized spacial score (nSPS) is 26.1. The van der Waals surface area contributed by atoms with Gasteiger partial charge in [-0.25, -0.2) is 0 Å². The summed E-state index contributed by atoms with van der Waals surface area (Å²) in [6.45, 7) is 12.2. The van der Waals surface area contributed by atoms with Gasteiger partial charge in [-0.1, -0.05) is 30.3 Å². The fraction of sp³-hybridized carbons (Fsp3) is 0.650. The second-order valence-electron chi connectivity index (χ2n) is 7.28. The van der Waals surface area contributed by atoms with Gasteiger partial charge in [0.25, 0.3) is 0 Å². The van der Waals surface area contributed by atoms with Crippen molar-refractivity contribution in [2.45, 2.75) is 38.8 Å². The molecule has 1 aromatic carbocycles. The van der Waals surface area contributed by atoms with Crippen LogP contribution in [0.1, 0.15) is 25.8 Å². The van der Waals surface area contributed by atoms with Crippen molar-refractivity contribution < 1.29 is 0 Å². The summed E-state index contributed by atoms with van der Waals surface area (Å²) in [6.07, 6.45) is 2.21. The summed E-state index contributed by atoms with van der Waals surface area (Å²) in [5, 5.41) is 6.98. The Bertz CT molecular complexity index is 542. The summed E-state index contributed by atoms with van der Waals surface area (Å²) in [7, 11) is 0. The second kappa shape index (κ2) is 11.1. The van der Waals surface area contributed by atoms with E-state index in [2.05, 4.69) is 64.6 Å². The molecule has 2 bridgehead atoms. The van der Waals surface area contributed by atoms with E-state index in [1.54, 1.807) is 0 Å². The predicted octanol–water partition coefficient (Wildman–Crippen LogP) is 2.18. The minimum absolute atomic E-state index is 0. The Morgan fingerprint density at radius 3 is 2.54 bits per heavy atom. The molecule has 146 valence electrons. The van der Waals surface area contributed by atoms with E-state index in [-0.39, 0.29) is 24.0 Å². The molecule has 3 aliphatic heterocycles. The fourth-order valence-electron chi connectivity index (χ4n) is 3.75. The van der Waals surface area contributed by atoms with Crippen LogP contribution in [0.25, 0.3) is 0 Å². The zero-order valence-electron chi connectivity index (χ0n) is 16.2. The van der Waals surface area contributed by atoms with Crippen molar-refractivity contribution in [3.63, 3.8) is 0 Å². The zero-order valence-corrected chi connectivity index (χ0v) is 18.5. The van der Waals surface area contributed by atoms with E-state index in [9.17, 15) is 0 Å². The number of aliphatic imine (C=N–C) groups is 1. The minimum atomic E-state index is 0. The van der Waals surface area contributed by atoms with Crippen LogP contribution in [0.3, 0.4) is 0 Å². The minimum Gasteiger partial charge on any atom is -0.357 e. The van der Waals surface area contributed by atoms with E-state index in [1.165, 1.54) is 38.3 Å². The number of guanidine groups is 1. The van der Waals surface area contributed by atoms with Gasteiger partial charge in [-0.3, -0.25) is 14.8 Å². The van der Waals surface area contributed by atoms with Crippen molar-refractivity contribution in [1.29, 1.82) is 0 Å². The van der Waals surface area contributed by atoms with E-state index in [1.807, 2.05) is 0 Å². The number of hydrogen-bond donors (Lipinski definition) is 2. The van der Waals surface area contributed by atoms with Gasteiger partial charge in [0.2, 0.25) is 0 Å². The van der Waals surface area contributed by atoms with Crippen LogP contribution in [0.5, 0.6) is 0 Å². The smallest absolute Gasteiger partial charge is 0.191 e. The first kappa shape index (κ1) is 21.4. The second-order valence-corrected chi connectivity index (χ2v) is 7.28. The molecular weight excluding hydrogens is 437 g/mol. The molecule has 0 amide bonds. The number of halogens is 1. The molecule has 3 saturated heterocycles. The molecule has 2 N–H and O–H groups in total. The molecule has 6 heteroatoms. The van der Waals surface area contributed by atoms with Crippen LogP contribution in [0, 0.1) is 0 Å². The SMILES string of the molecule is CCNC(=NCC1CN2CCN1CC2)NC(C)CCc1ccccc1.I. The summed E-state index contributed by atoms with van der Waals surface area (Å²) < 4.78 is 0. The van der Waals surface area contributed by atoms with Crippen LogP contribution < -0.4 is 10.6 Å². The largest absolute Gasteiger partial charge is 0.357 e. The third-order valence-corrected chi connectivity index (χ3v) is 5.29. The molecule has 5 nitrogen and oxygen atoms in total. The third kappa shape index (κ3) is 6.39. The number of nitrogens with one attached hydrogen (secondary N) is 2. The van der Waals surface area contributed by atoms with Crippen molar-refractivity contribution in [2.24, 2.45) is 4.99 Å². The highest BCUT2D eigenvalue weighted by Crippen LogP contribution is 2.15. The highest BCUT2D eigenvalue weighted by atomic mass is 127. The Hall–Kier alpha value is -0.860. The molecule has 0 radical (unpaired) electrons. The number of benzene rings is 1. The molecule has 3 fully saturated rings. The maximum atomic E-state index is 4.88. The standard InChI is InChI=1S/C20H33N5.HI/c1-3-21-20(22-15-19-16-24-11-13-25(19)14-12-24)23-17(2)9-10-18-7-5-4-6-8-18;/h4-8,17,19H,3,9-16H2,1-2H3,(H2,21,22,23);1H. The molecule has 2 unspecified atom stereocenters. The van der Waals surface area contributed by atoms with Gasteiger partial charge in [-0.05, 0) is 32.3 Å². The predicted molar refractivity (Wildman–Crippen MR) is 121 cm³/mol. The summed E-state index contributed by atoms with van der Waals surface area (Å²) in [5.41, 5.74) is 1.40. The Morgan fingerprint density at radius 1 is 1.19 bits per heavy atom. The monoisotopic (exact) mass is 471 g/mol. The Morgan fingerprint density at radius 2 is 1.92 bits per heavy atom. The topological polar surface area (TPSA) is 42.9 Å². The van der Waals surface area contributed by atoms with Crippen LogP contribution in [-0.2, 0) is 6.42 Å². The molecule has 0 saturated carbocycles. The first-order chi connectivity index (χ1) is 12.2. The molecule has 0 spiro atoms. The van der Waals surface area contributed by atoms with E-state index < -0.39 is 0 Å². The number of piperazine rings is 3. The zero-order chi connectivity index (χ0) is 17.5. The van der Waals surface area contributed by atoms with Crippen molar-refractivity contribution in [1.82, 2.24) is 20.4 Å². The van der Waals surface area contributed by atoms with Gasteiger partial charge in [0.05, 0.1) is 6.54 Å². The van der Waals surface area contributed by atoms with Gasteiger partial charge in [0.1, 0.15) is 0 Å². The highest BCUT2D eigenvalue weighted by molar-refractivity contribution is 14.0. The lowest BCUT2D eigenvalue weighted by molar-refractivity contribution is 0.0174. The van der Waals surface area contributed by atoms with E-state index in [0.29, 0.717) is 12.1 Å². The summed E-state index contributed by atoms with van der Waals surface area (Å²) in [6, 6.07) is 11.7. The van der Waals surface area contributed by atoms with Gasteiger partial charge in [0.15, 0.2) is 5.96 Å². The van der Waals surface area contributed by atoms with Gasteiger partial charge in [-0.2, -0.15) is 0 Å². The summed E-state index contributed by atoms with van der Waals surface area (Å²) >= 11 is 0. The van der Waals surface area contributed by atoms with Crippen molar-refractivity contribution >= 4 is 29.9 Å². The summed E-state index contributed by atoms with van der Waals surface area (Å²) in [4.78, 5) is 10.1. The van der Waals surface area contributed by atoms with E-state index >= 15 is 0 Å². The maximum Gasteiger partial charge on any atom is 0.191 e. The molecular formula is C20H34IN5. The number of fused-ring (bicyclic) bond motifs is 3. The van der Waals surface area contributed by atoms with Crippen LogP contribution >= 0.6 is 24.0 Å². The molecule has 4 rings (SSSR count). The molecule has 0 aliphatic carbocycles. The first-order valence-electron chi connectivity index (χ1n) is 9.79. The van der Waals surface area contributed by atoms with Crippen LogP contribution in [0.15, 0.2) is 35.3 Å². The van der Waals surface area contributed by atoms with Gasteiger partial charge >= 0.3 is 0 Å². The molecule has 2 atom stereocenters. The number of aryl methyl sites for hydroxylation is 1. The quantitative estimate of drug-likeness (QED) is 0.364. The fourth-order valence-corrected chi connectivity index (χ4v) is 3.75. The molecule has 26 heavy (non-hydrogen) atoms. The lowest BCUT2D eigenvalue weighted by atomic mass is 10.1. The molecule has 1 aromatic rings. The van der Waals surface area contributed by atoms with Gasteiger partial charge in [-0.15, -0.1) is 24.0 Å². The number of hydrogen-bond acceptors (Lipinski definition) is 3. The van der Waals surface area contributed by atoms with E-state index in [4.69, 9.17) is 4.99 Å². The average molecular weight is 471 g/mol. The Kier molecular flexibility index (Phi) is 9.15. The molecule has 3 aliphatic rings. The Balaban J connectivity index is 0.00000243. The van der Waals surface area contributed by atoms with Crippen molar-refractivity contribution in [3.8, 4) is 0 Å². The van der Waals surface area contributed by atoms with Gasteiger partial charge < -0.3 is 10.6 Å². The first-order valence-corrected chi connectivity index (χ1v) is 9.79. The maximum absolute atomic E-state index is 4.88. The molecule has 3 heterocycles. The number of rotatable bonds is 7. The Labute approximate surface area is 175 Å². The van der Waals surface area contributed by atoms with Crippen LogP contribution in [-0.4, -0.2) is 73.7 Å². The number of nitrogens with zero attached hydrogens (tertiary/aromatic N) is 3. The van der Waals surface area contributed by atoms with Crippen LogP contribution in [0.2, 0.25) is 0 Å². The highest BCUT2D eigenvalue weighted by Gasteiger charge is 2.31. The van der Waals surface area contributed by atoms with Crippen molar-refractivity contribution in [2.75, 3.05) is 45.8 Å². The third-order valence-electron chi connectivity index (χ3n) is 5.29. The lowest BCUT2D eigenvalue weighted by Crippen LogP contribution is -2.62. The van der Waals surface area contributed by atoms with Gasteiger partial charge in [0, 0.05) is 51.4 Å². The van der Waals surface area contributed by atoms with Crippen molar-refractivity contribution in [3.05, 3.63) is 35.9 Å². The summed E-state index contributed by atoms with van der Waals surface area (Å²) in [5.74, 6) is 0.959. The average Bonchev–Trinajstić information content (AvgIpc) is 2.66. The molecule has 0 aromatic heterocycles. The van der Waals surface area contributed by atoms with Crippen LogP contribution in [0.4, 0.5) is 0 Å².